The van der Waals surface area contributed by atoms with Gasteiger partial charge in [-0.05, 0) is 24.3 Å². The third-order valence-corrected chi connectivity index (χ3v) is 5.50. The highest BCUT2D eigenvalue weighted by Crippen LogP contribution is 2.26. The van der Waals surface area contributed by atoms with E-state index in [2.05, 4.69) is 5.32 Å². The second-order valence-corrected chi connectivity index (χ2v) is 7.82. The van der Waals surface area contributed by atoms with E-state index in [-0.39, 0.29) is 12.1 Å². The summed E-state index contributed by atoms with van der Waals surface area (Å²) in [6.45, 7) is 0. The molecule has 0 fully saturated rings. The highest BCUT2D eigenvalue weighted by Gasteiger charge is 2.29. The fourth-order valence-electron chi connectivity index (χ4n) is 1.90. The number of hydrogen-bond donors (Lipinski definition) is 1. The fourth-order valence-corrected chi connectivity index (χ4v) is 3.66. The molecule has 0 aliphatic carbocycles. The standard InChI is InChI=1S/C16H15F2NO3S2/c17-16(18)24(21,22)14-9-5-4-8-13(14)19-15(20)10-11-23-12-6-2-1-3-7-12/h1-9,16H,10-11H2,(H,19,20). The molecule has 0 saturated carbocycles. The Bertz CT molecular complexity index is 796. The van der Waals surface area contributed by atoms with Gasteiger partial charge in [0.25, 0.3) is 0 Å². The van der Waals surface area contributed by atoms with Crippen LogP contribution in [0.3, 0.4) is 0 Å². The Morgan fingerprint density at radius 1 is 1.04 bits per heavy atom. The molecule has 24 heavy (non-hydrogen) atoms. The molecular weight excluding hydrogens is 356 g/mol. The highest BCUT2D eigenvalue weighted by molar-refractivity contribution is 7.99. The fraction of sp³-hybridized carbons (Fsp3) is 0.188. The number of hydrogen-bond acceptors (Lipinski definition) is 4. The van der Waals surface area contributed by atoms with E-state index in [1.807, 2.05) is 30.3 Å². The molecule has 2 rings (SSSR count). The van der Waals surface area contributed by atoms with E-state index in [4.69, 9.17) is 0 Å². The monoisotopic (exact) mass is 371 g/mol. The molecular formula is C16H15F2NO3S2. The number of alkyl halides is 2. The van der Waals surface area contributed by atoms with Crippen LogP contribution in [0.5, 0.6) is 0 Å². The summed E-state index contributed by atoms with van der Waals surface area (Å²) >= 11 is 1.47. The average molecular weight is 371 g/mol. The van der Waals surface area contributed by atoms with E-state index in [1.165, 1.54) is 30.0 Å². The van der Waals surface area contributed by atoms with Crippen LogP contribution in [0.4, 0.5) is 14.5 Å². The van der Waals surface area contributed by atoms with Crippen LogP contribution in [0.15, 0.2) is 64.4 Å². The Labute approximate surface area is 143 Å². The van der Waals surface area contributed by atoms with Gasteiger partial charge in [-0.25, -0.2) is 8.42 Å². The van der Waals surface area contributed by atoms with Crippen molar-refractivity contribution in [3.05, 3.63) is 54.6 Å². The van der Waals surface area contributed by atoms with Gasteiger partial charge in [-0.1, -0.05) is 30.3 Å². The molecule has 128 valence electrons. The van der Waals surface area contributed by atoms with E-state index in [9.17, 15) is 22.0 Å². The largest absolute Gasteiger partial charge is 0.341 e. The third-order valence-electron chi connectivity index (χ3n) is 3.04. The van der Waals surface area contributed by atoms with E-state index in [0.29, 0.717) is 5.75 Å². The van der Waals surface area contributed by atoms with Crippen LogP contribution < -0.4 is 5.32 Å². The number of amides is 1. The lowest BCUT2D eigenvalue weighted by molar-refractivity contribution is -0.115. The van der Waals surface area contributed by atoms with E-state index >= 15 is 0 Å². The van der Waals surface area contributed by atoms with Gasteiger partial charge in [-0.15, -0.1) is 11.8 Å². The summed E-state index contributed by atoms with van der Waals surface area (Å²) in [6, 6.07) is 14.6. The summed E-state index contributed by atoms with van der Waals surface area (Å²) in [6.07, 6.45) is 0.128. The smallest absolute Gasteiger partial charge is 0.325 e. The Kier molecular flexibility index (Phi) is 6.33. The van der Waals surface area contributed by atoms with E-state index in [0.717, 1.165) is 11.0 Å². The number of carbonyl (C=O) groups is 1. The Balaban J connectivity index is 2.00. The van der Waals surface area contributed by atoms with Crippen LogP contribution in [-0.2, 0) is 14.6 Å². The zero-order valence-electron chi connectivity index (χ0n) is 12.5. The van der Waals surface area contributed by atoms with Crippen LogP contribution in [0, 0.1) is 0 Å². The van der Waals surface area contributed by atoms with Crippen molar-refractivity contribution in [3.8, 4) is 0 Å². The number of carbonyl (C=O) groups excluding carboxylic acids is 1. The molecule has 0 saturated heterocycles. The molecule has 0 spiro atoms. The van der Waals surface area contributed by atoms with Crippen molar-refractivity contribution >= 4 is 33.2 Å². The van der Waals surface area contributed by atoms with Gasteiger partial charge in [0, 0.05) is 17.1 Å². The normalized spacial score (nSPS) is 11.5. The zero-order chi connectivity index (χ0) is 17.6. The Morgan fingerprint density at radius 2 is 1.67 bits per heavy atom. The summed E-state index contributed by atoms with van der Waals surface area (Å²) in [7, 11) is -4.77. The minimum atomic E-state index is -4.77. The second-order valence-electron chi connectivity index (χ2n) is 4.76. The minimum absolute atomic E-state index is 0.128. The van der Waals surface area contributed by atoms with E-state index in [1.54, 1.807) is 0 Å². The summed E-state index contributed by atoms with van der Waals surface area (Å²) in [5.41, 5.74) is -0.132. The van der Waals surface area contributed by atoms with Gasteiger partial charge in [0.1, 0.15) is 0 Å². The number of halogens is 2. The van der Waals surface area contributed by atoms with Crippen LogP contribution in [0.2, 0.25) is 0 Å². The van der Waals surface area contributed by atoms with Crippen LogP contribution in [0.1, 0.15) is 6.42 Å². The van der Waals surface area contributed by atoms with Crippen molar-refractivity contribution in [2.75, 3.05) is 11.1 Å². The summed E-state index contributed by atoms with van der Waals surface area (Å²) < 4.78 is 48.7. The summed E-state index contributed by atoms with van der Waals surface area (Å²) in [4.78, 5) is 12.4. The zero-order valence-corrected chi connectivity index (χ0v) is 14.1. The van der Waals surface area contributed by atoms with Gasteiger partial charge in [0.2, 0.25) is 15.7 Å². The first kappa shape index (κ1) is 18.4. The second kappa shape index (κ2) is 8.25. The first-order valence-electron chi connectivity index (χ1n) is 7.00. The molecule has 1 amide bonds. The molecule has 8 heteroatoms. The number of anilines is 1. The lowest BCUT2D eigenvalue weighted by Gasteiger charge is -2.11. The average Bonchev–Trinajstić information content (AvgIpc) is 2.56. The molecule has 1 N–H and O–H groups in total. The van der Waals surface area contributed by atoms with Gasteiger partial charge in [-0.2, -0.15) is 8.78 Å². The quantitative estimate of drug-likeness (QED) is 0.752. The number of benzene rings is 2. The molecule has 0 atom stereocenters. The third kappa shape index (κ3) is 4.78. The van der Waals surface area contributed by atoms with Gasteiger partial charge < -0.3 is 5.32 Å². The summed E-state index contributed by atoms with van der Waals surface area (Å²) in [5, 5.41) is 2.39. The van der Waals surface area contributed by atoms with Gasteiger partial charge in [-0.3, -0.25) is 4.79 Å². The van der Waals surface area contributed by atoms with Crippen molar-refractivity contribution in [3.63, 3.8) is 0 Å². The van der Waals surface area contributed by atoms with Crippen LogP contribution in [-0.4, -0.2) is 25.8 Å². The number of rotatable bonds is 7. The topological polar surface area (TPSA) is 63.2 Å². The lowest BCUT2D eigenvalue weighted by Crippen LogP contribution is -2.18. The molecule has 0 aliphatic rings. The van der Waals surface area contributed by atoms with Gasteiger partial charge >= 0.3 is 5.76 Å². The molecule has 0 aromatic heterocycles. The molecule has 0 radical (unpaired) electrons. The first-order chi connectivity index (χ1) is 11.4. The molecule has 2 aromatic rings. The van der Waals surface area contributed by atoms with Crippen molar-refractivity contribution < 1.29 is 22.0 Å². The first-order valence-corrected chi connectivity index (χ1v) is 9.53. The molecule has 0 aliphatic heterocycles. The van der Waals surface area contributed by atoms with Crippen LogP contribution in [0.25, 0.3) is 0 Å². The molecule has 0 unspecified atom stereocenters. The predicted molar refractivity (Wildman–Crippen MR) is 90.0 cm³/mol. The van der Waals surface area contributed by atoms with Crippen molar-refractivity contribution in [2.45, 2.75) is 22.0 Å². The predicted octanol–water partition coefficient (Wildman–Crippen LogP) is 3.80. The minimum Gasteiger partial charge on any atom is -0.325 e. The number of nitrogens with one attached hydrogen (secondary N) is 1. The number of sulfone groups is 1. The van der Waals surface area contributed by atoms with Crippen molar-refractivity contribution in [2.24, 2.45) is 0 Å². The molecule has 0 heterocycles. The van der Waals surface area contributed by atoms with Crippen molar-refractivity contribution in [1.29, 1.82) is 0 Å². The van der Waals surface area contributed by atoms with Gasteiger partial charge in [0.15, 0.2) is 0 Å². The maximum atomic E-state index is 12.7. The Hall–Kier alpha value is -1.93. The Morgan fingerprint density at radius 3 is 2.33 bits per heavy atom. The molecule has 4 nitrogen and oxygen atoms in total. The number of thioether (sulfide) groups is 1. The SMILES string of the molecule is O=C(CCSc1ccccc1)Nc1ccccc1S(=O)(=O)C(F)F. The van der Waals surface area contributed by atoms with Crippen molar-refractivity contribution in [1.82, 2.24) is 0 Å². The summed E-state index contributed by atoms with van der Waals surface area (Å²) in [5.74, 6) is -3.49. The van der Waals surface area contributed by atoms with Crippen LogP contribution >= 0.6 is 11.8 Å². The molecule has 2 aromatic carbocycles. The maximum absolute atomic E-state index is 12.7. The van der Waals surface area contributed by atoms with E-state index < -0.39 is 26.4 Å². The molecule has 0 bridgehead atoms. The van der Waals surface area contributed by atoms with Gasteiger partial charge in [0.05, 0.1) is 10.6 Å². The lowest BCUT2D eigenvalue weighted by atomic mass is 10.3. The highest BCUT2D eigenvalue weighted by atomic mass is 32.2. The number of para-hydroxylation sites is 1. The maximum Gasteiger partial charge on any atom is 0.341 e.